The summed E-state index contributed by atoms with van der Waals surface area (Å²) >= 11 is 0. The van der Waals surface area contributed by atoms with Gasteiger partial charge in [0.2, 0.25) is 0 Å². The first-order chi connectivity index (χ1) is 7.78. The van der Waals surface area contributed by atoms with Crippen molar-refractivity contribution < 1.29 is 4.74 Å². The zero-order chi connectivity index (χ0) is 11.4. The van der Waals surface area contributed by atoms with Gasteiger partial charge in [0, 0.05) is 13.1 Å². The van der Waals surface area contributed by atoms with Crippen LogP contribution in [0.1, 0.15) is 25.3 Å². The van der Waals surface area contributed by atoms with Crippen LogP contribution in [-0.4, -0.2) is 30.6 Å². The summed E-state index contributed by atoms with van der Waals surface area (Å²) in [5.74, 6) is 1.02. The molecule has 0 radical (unpaired) electrons. The standard InChI is InChI=1S/C14H21NO/c1-3-15-9-7-13(8-10-15)16-14-6-4-5-12(2)11-14/h4-6,11,13H,3,7-10H2,1-2H3. The Morgan fingerprint density at radius 3 is 2.69 bits per heavy atom. The van der Waals surface area contributed by atoms with Gasteiger partial charge in [-0.15, -0.1) is 0 Å². The maximum absolute atomic E-state index is 6.00. The molecule has 2 rings (SSSR count). The van der Waals surface area contributed by atoms with Crippen LogP contribution in [0.15, 0.2) is 24.3 Å². The Morgan fingerprint density at radius 2 is 2.06 bits per heavy atom. The predicted octanol–water partition coefficient (Wildman–Crippen LogP) is 2.86. The maximum Gasteiger partial charge on any atom is 0.119 e. The molecule has 1 saturated heterocycles. The fourth-order valence-corrected chi connectivity index (χ4v) is 2.22. The Labute approximate surface area is 98.2 Å². The lowest BCUT2D eigenvalue weighted by Crippen LogP contribution is -2.37. The Balaban J connectivity index is 1.87. The van der Waals surface area contributed by atoms with E-state index in [1.807, 2.05) is 0 Å². The average Bonchev–Trinajstić information content (AvgIpc) is 2.30. The molecule has 16 heavy (non-hydrogen) atoms. The van der Waals surface area contributed by atoms with Crippen LogP contribution in [0.3, 0.4) is 0 Å². The zero-order valence-corrected chi connectivity index (χ0v) is 10.3. The third kappa shape index (κ3) is 2.99. The van der Waals surface area contributed by atoms with Gasteiger partial charge in [-0.1, -0.05) is 19.1 Å². The highest BCUT2D eigenvalue weighted by molar-refractivity contribution is 5.27. The lowest BCUT2D eigenvalue weighted by molar-refractivity contribution is 0.104. The number of hydrogen-bond donors (Lipinski definition) is 0. The van der Waals surface area contributed by atoms with Crippen LogP contribution in [0.5, 0.6) is 5.75 Å². The highest BCUT2D eigenvalue weighted by Crippen LogP contribution is 2.19. The second-order valence-corrected chi connectivity index (χ2v) is 4.57. The molecular weight excluding hydrogens is 198 g/mol. The highest BCUT2D eigenvalue weighted by Gasteiger charge is 2.19. The minimum absolute atomic E-state index is 0.407. The van der Waals surface area contributed by atoms with E-state index in [4.69, 9.17) is 4.74 Å². The summed E-state index contributed by atoms with van der Waals surface area (Å²) in [5.41, 5.74) is 1.27. The number of ether oxygens (including phenoxy) is 1. The number of likely N-dealkylation sites (tertiary alicyclic amines) is 1. The predicted molar refractivity (Wildman–Crippen MR) is 66.9 cm³/mol. The molecule has 1 aromatic carbocycles. The highest BCUT2D eigenvalue weighted by atomic mass is 16.5. The van der Waals surface area contributed by atoms with Crippen molar-refractivity contribution in [1.29, 1.82) is 0 Å². The number of hydrogen-bond acceptors (Lipinski definition) is 2. The summed E-state index contributed by atoms with van der Waals surface area (Å²) in [6.45, 7) is 7.84. The number of nitrogens with zero attached hydrogens (tertiary/aromatic N) is 1. The fraction of sp³-hybridized carbons (Fsp3) is 0.571. The summed E-state index contributed by atoms with van der Waals surface area (Å²) in [6, 6.07) is 8.34. The van der Waals surface area contributed by atoms with Crippen molar-refractivity contribution in [3.63, 3.8) is 0 Å². The van der Waals surface area contributed by atoms with Gasteiger partial charge in [-0.25, -0.2) is 0 Å². The molecule has 2 nitrogen and oxygen atoms in total. The monoisotopic (exact) mass is 219 g/mol. The maximum atomic E-state index is 6.00. The molecule has 0 aliphatic carbocycles. The van der Waals surface area contributed by atoms with E-state index in [0.29, 0.717) is 6.10 Å². The van der Waals surface area contributed by atoms with Gasteiger partial charge in [-0.2, -0.15) is 0 Å². The van der Waals surface area contributed by atoms with Crippen molar-refractivity contribution in [2.45, 2.75) is 32.8 Å². The van der Waals surface area contributed by atoms with Crippen LogP contribution >= 0.6 is 0 Å². The summed E-state index contributed by atoms with van der Waals surface area (Å²) in [5, 5.41) is 0. The largest absolute Gasteiger partial charge is 0.490 e. The van der Waals surface area contributed by atoms with Crippen LogP contribution in [0.25, 0.3) is 0 Å². The zero-order valence-electron chi connectivity index (χ0n) is 10.3. The van der Waals surface area contributed by atoms with Gasteiger partial charge in [0.1, 0.15) is 11.9 Å². The molecule has 0 atom stereocenters. The van der Waals surface area contributed by atoms with Gasteiger partial charge < -0.3 is 9.64 Å². The molecule has 1 aliphatic heterocycles. The molecule has 0 spiro atoms. The van der Waals surface area contributed by atoms with E-state index >= 15 is 0 Å². The Bertz CT molecular complexity index is 329. The van der Waals surface area contributed by atoms with Gasteiger partial charge in [-0.3, -0.25) is 0 Å². The molecular formula is C14H21NO. The van der Waals surface area contributed by atoms with Crippen molar-refractivity contribution in [3.05, 3.63) is 29.8 Å². The third-order valence-electron chi connectivity index (χ3n) is 3.27. The van der Waals surface area contributed by atoms with Crippen molar-refractivity contribution in [1.82, 2.24) is 4.90 Å². The van der Waals surface area contributed by atoms with E-state index in [0.717, 1.165) is 25.1 Å². The fourth-order valence-electron chi connectivity index (χ4n) is 2.22. The lowest BCUT2D eigenvalue weighted by Gasteiger charge is -2.31. The van der Waals surface area contributed by atoms with E-state index in [1.165, 1.54) is 18.7 Å². The Kier molecular flexibility index (Phi) is 3.83. The molecule has 0 saturated carbocycles. The molecule has 2 heteroatoms. The van der Waals surface area contributed by atoms with Crippen molar-refractivity contribution in [2.75, 3.05) is 19.6 Å². The SMILES string of the molecule is CCN1CCC(Oc2cccc(C)c2)CC1. The molecule has 1 aromatic rings. The first kappa shape index (κ1) is 11.5. The molecule has 0 bridgehead atoms. The minimum Gasteiger partial charge on any atom is -0.490 e. The molecule has 0 aromatic heterocycles. The van der Waals surface area contributed by atoms with E-state index < -0.39 is 0 Å². The molecule has 1 fully saturated rings. The average molecular weight is 219 g/mol. The van der Waals surface area contributed by atoms with Crippen LogP contribution in [-0.2, 0) is 0 Å². The lowest BCUT2D eigenvalue weighted by atomic mass is 10.1. The minimum atomic E-state index is 0.407. The number of aryl methyl sites for hydroxylation is 1. The first-order valence-corrected chi connectivity index (χ1v) is 6.23. The second-order valence-electron chi connectivity index (χ2n) is 4.57. The van der Waals surface area contributed by atoms with E-state index in [1.54, 1.807) is 0 Å². The summed E-state index contributed by atoms with van der Waals surface area (Å²) < 4.78 is 6.00. The smallest absolute Gasteiger partial charge is 0.119 e. The Morgan fingerprint density at radius 1 is 1.31 bits per heavy atom. The molecule has 1 aliphatic rings. The van der Waals surface area contributed by atoms with Crippen LogP contribution in [0.4, 0.5) is 0 Å². The van der Waals surface area contributed by atoms with E-state index in [-0.39, 0.29) is 0 Å². The Hall–Kier alpha value is -1.02. The molecule has 0 N–H and O–H groups in total. The van der Waals surface area contributed by atoms with Gasteiger partial charge in [0.05, 0.1) is 0 Å². The van der Waals surface area contributed by atoms with Gasteiger partial charge in [0.25, 0.3) is 0 Å². The summed E-state index contributed by atoms with van der Waals surface area (Å²) in [6.07, 6.45) is 2.72. The van der Waals surface area contributed by atoms with Gasteiger partial charge >= 0.3 is 0 Å². The van der Waals surface area contributed by atoms with Crippen LogP contribution in [0, 0.1) is 6.92 Å². The summed E-state index contributed by atoms with van der Waals surface area (Å²) in [4.78, 5) is 2.48. The van der Waals surface area contributed by atoms with Crippen molar-refractivity contribution >= 4 is 0 Å². The van der Waals surface area contributed by atoms with Gasteiger partial charge in [-0.05, 0) is 44.0 Å². The van der Waals surface area contributed by atoms with Gasteiger partial charge in [0.15, 0.2) is 0 Å². The van der Waals surface area contributed by atoms with Crippen molar-refractivity contribution in [2.24, 2.45) is 0 Å². The van der Waals surface area contributed by atoms with Crippen LogP contribution < -0.4 is 4.74 Å². The molecule has 88 valence electrons. The van der Waals surface area contributed by atoms with Crippen LogP contribution in [0.2, 0.25) is 0 Å². The second kappa shape index (κ2) is 5.35. The topological polar surface area (TPSA) is 12.5 Å². The first-order valence-electron chi connectivity index (χ1n) is 6.23. The molecule has 0 amide bonds. The van der Waals surface area contributed by atoms with Crippen molar-refractivity contribution in [3.8, 4) is 5.75 Å². The normalized spacial score (nSPS) is 18.6. The summed E-state index contributed by atoms with van der Waals surface area (Å²) in [7, 11) is 0. The van der Waals surface area contributed by atoms with E-state index in [2.05, 4.69) is 43.0 Å². The number of piperidine rings is 1. The molecule has 0 unspecified atom stereocenters. The molecule has 1 heterocycles. The number of benzene rings is 1. The quantitative estimate of drug-likeness (QED) is 0.775. The van der Waals surface area contributed by atoms with E-state index in [9.17, 15) is 0 Å². The number of rotatable bonds is 3. The third-order valence-corrected chi connectivity index (χ3v) is 3.27.